The van der Waals surface area contributed by atoms with E-state index in [0.29, 0.717) is 6.04 Å². The van der Waals surface area contributed by atoms with Crippen LogP contribution in [0.3, 0.4) is 0 Å². The Balaban J connectivity index is 1.75. The second-order valence-corrected chi connectivity index (χ2v) is 4.89. The molecule has 1 aromatic carbocycles. The number of likely N-dealkylation sites (N-methyl/N-ethyl adjacent to an activating group) is 1. The summed E-state index contributed by atoms with van der Waals surface area (Å²) < 4.78 is 1.88. The van der Waals surface area contributed by atoms with Gasteiger partial charge in [0.2, 0.25) is 0 Å². The third-order valence-electron chi connectivity index (χ3n) is 3.38. The highest BCUT2D eigenvalue weighted by Gasteiger charge is 2.18. The maximum Gasteiger partial charge on any atom is 0.0666 e. The standard InChI is InChI=1S/C14H18N4/c1-17-9-6-13(11-17)16-12-4-2-5-14(10-12)18-8-3-7-15-18/h2-5,7-8,10,13,16H,6,9,11H2,1H3. The molecule has 94 valence electrons. The molecule has 2 heterocycles. The Labute approximate surface area is 107 Å². The van der Waals surface area contributed by atoms with Crippen LogP contribution in [0.25, 0.3) is 5.69 Å². The van der Waals surface area contributed by atoms with Crippen molar-refractivity contribution in [1.82, 2.24) is 14.7 Å². The van der Waals surface area contributed by atoms with Gasteiger partial charge in [-0.05, 0) is 44.3 Å². The van der Waals surface area contributed by atoms with E-state index in [-0.39, 0.29) is 0 Å². The van der Waals surface area contributed by atoms with Gasteiger partial charge in [0.25, 0.3) is 0 Å². The number of hydrogen-bond donors (Lipinski definition) is 1. The molecule has 1 atom stereocenters. The van der Waals surface area contributed by atoms with E-state index < -0.39 is 0 Å². The van der Waals surface area contributed by atoms with Gasteiger partial charge in [0.15, 0.2) is 0 Å². The van der Waals surface area contributed by atoms with E-state index >= 15 is 0 Å². The Morgan fingerprint density at radius 1 is 1.33 bits per heavy atom. The van der Waals surface area contributed by atoms with Crippen LogP contribution in [0.2, 0.25) is 0 Å². The molecule has 3 rings (SSSR count). The third kappa shape index (κ3) is 2.38. The van der Waals surface area contributed by atoms with Crippen molar-refractivity contribution in [2.45, 2.75) is 12.5 Å². The maximum absolute atomic E-state index is 4.25. The Kier molecular flexibility index (Phi) is 3.02. The number of nitrogens with one attached hydrogen (secondary N) is 1. The van der Waals surface area contributed by atoms with Crippen LogP contribution in [-0.4, -0.2) is 40.9 Å². The van der Waals surface area contributed by atoms with Crippen molar-refractivity contribution in [2.24, 2.45) is 0 Å². The molecule has 4 nitrogen and oxygen atoms in total. The molecule has 1 fully saturated rings. The van der Waals surface area contributed by atoms with Gasteiger partial charge < -0.3 is 10.2 Å². The molecule has 1 aliphatic rings. The molecule has 0 aliphatic carbocycles. The molecule has 0 bridgehead atoms. The summed E-state index contributed by atoms with van der Waals surface area (Å²) in [6, 6.07) is 10.9. The van der Waals surface area contributed by atoms with Gasteiger partial charge in [-0.15, -0.1) is 0 Å². The van der Waals surface area contributed by atoms with E-state index in [1.807, 2.05) is 16.9 Å². The molecule has 1 saturated heterocycles. The lowest BCUT2D eigenvalue weighted by Gasteiger charge is -2.15. The predicted molar refractivity (Wildman–Crippen MR) is 73.1 cm³/mol. The zero-order valence-electron chi connectivity index (χ0n) is 10.6. The molecule has 1 N–H and O–H groups in total. The number of benzene rings is 1. The quantitative estimate of drug-likeness (QED) is 0.893. The first-order chi connectivity index (χ1) is 8.81. The average molecular weight is 242 g/mol. The predicted octanol–water partition coefficient (Wildman–Crippen LogP) is 1.99. The van der Waals surface area contributed by atoms with Crippen molar-refractivity contribution < 1.29 is 0 Å². The summed E-state index contributed by atoms with van der Waals surface area (Å²) in [4.78, 5) is 2.36. The van der Waals surface area contributed by atoms with Crippen molar-refractivity contribution >= 4 is 5.69 Å². The molecule has 2 aromatic rings. The highest BCUT2D eigenvalue weighted by Crippen LogP contribution is 2.17. The van der Waals surface area contributed by atoms with E-state index in [9.17, 15) is 0 Å². The Morgan fingerprint density at radius 3 is 3.00 bits per heavy atom. The topological polar surface area (TPSA) is 33.1 Å². The smallest absolute Gasteiger partial charge is 0.0666 e. The first kappa shape index (κ1) is 11.3. The number of rotatable bonds is 3. The lowest BCUT2D eigenvalue weighted by molar-refractivity contribution is 0.414. The molecule has 1 aliphatic heterocycles. The fourth-order valence-corrected chi connectivity index (χ4v) is 2.45. The van der Waals surface area contributed by atoms with Crippen LogP contribution in [0.1, 0.15) is 6.42 Å². The number of aromatic nitrogens is 2. The summed E-state index contributed by atoms with van der Waals surface area (Å²) in [6.07, 6.45) is 4.97. The number of anilines is 1. The van der Waals surface area contributed by atoms with Crippen LogP contribution in [-0.2, 0) is 0 Å². The van der Waals surface area contributed by atoms with Gasteiger partial charge in [-0.3, -0.25) is 0 Å². The Hall–Kier alpha value is -1.81. The lowest BCUT2D eigenvalue weighted by Crippen LogP contribution is -2.23. The highest BCUT2D eigenvalue weighted by atomic mass is 15.3. The molecular formula is C14H18N4. The summed E-state index contributed by atoms with van der Waals surface area (Å²) in [5.74, 6) is 0. The molecule has 0 amide bonds. The Bertz CT molecular complexity index is 506. The molecule has 1 unspecified atom stereocenters. The van der Waals surface area contributed by atoms with E-state index in [0.717, 1.165) is 12.2 Å². The summed E-state index contributed by atoms with van der Waals surface area (Å²) in [5.41, 5.74) is 2.26. The minimum Gasteiger partial charge on any atom is -0.381 e. The first-order valence-electron chi connectivity index (χ1n) is 6.36. The number of hydrogen-bond acceptors (Lipinski definition) is 3. The van der Waals surface area contributed by atoms with Gasteiger partial charge in [0.1, 0.15) is 0 Å². The van der Waals surface area contributed by atoms with Gasteiger partial charge in [-0.25, -0.2) is 4.68 Å². The van der Waals surface area contributed by atoms with E-state index in [1.54, 1.807) is 6.20 Å². The third-order valence-corrected chi connectivity index (χ3v) is 3.38. The van der Waals surface area contributed by atoms with Crippen molar-refractivity contribution in [3.8, 4) is 5.69 Å². The molecule has 0 spiro atoms. The highest BCUT2D eigenvalue weighted by molar-refractivity contribution is 5.51. The van der Waals surface area contributed by atoms with Crippen LogP contribution in [0.5, 0.6) is 0 Å². The zero-order chi connectivity index (χ0) is 12.4. The van der Waals surface area contributed by atoms with Gasteiger partial charge in [0.05, 0.1) is 5.69 Å². The Morgan fingerprint density at radius 2 is 2.28 bits per heavy atom. The fourth-order valence-electron chi connectivity index (χ4n) is 2.45. The monoisotopic (exact) mass is 242 g/mol. The lowest BCUT2D eigenvalue weighted by atomic mass is 10.2. The van der Waals surface area contributed by atoms with Gasteiger partial charge in [0, 0.05) is 30.7 Å². The van der Waals surface area contributed by atoms with Crippen LogP contribution >= 0.6 is 0 Å². The molecule has 0 saturated carbocycles. The summed E-state index contributed by atoms with van der Waals surface area (Å²) in [7, 11) is 2.17. The van der Waals surface area contributed by atoms with Crippen molar-refractivity contribution in [2.75, 3.05) is 25.5 Å². The van der Waals surface area contributed by atoms with Crippen molar-refractivity contribution in [3.05, 3.63) is 42.7 Å². The normalized spacial score (nSPS) is 20.2. The molecule has 4 heteroatoms. The molecule has 18 heavy (non-hydrogen) atoms. The van der Waals surface area contributed by atoms with Crippen LogP contribution in [0, 0.1) is 0 Å². The van der Waals surface area contributed by atoms with Crippen LogP contribution in [0.4, 0.5) is 5.69 Å². The van der Waals surface area contributed by atoms with Gasteiger partial charge in [-0.1, -0.05) is 6.07 Å². The van der Waals surface area contributed by atoms with E-state index in [1.165, 1.54) is 18.7 Å². The van der Waals surface area contributed by atoms with E-state index in [2.05, 4.69) is 46.6 Å². The van der Waals surface area contributed by atoms with Crippen molar-refractivity contribution in [3.63, 3.8) is 0 Å². The second kappa shape index (κ2) is 4.82. The second-order valence-electron chi connectivity index (χ2n) is 4.89. The first-order valence-corrected chi connectivity index (χ1v) is 6.36. The minimum absolute atomic E-state index is 0.558. The van der Waals surface area contributed by atoms with Crippen LogP contribution in [0.15, 0.2) is 42.7 Å². The molecule has 1 aromatic heterocycles. The SMILES string of the molecule is CN1CCC(Nc2cccc(-n3cccn3)c2)C1. The summed E-state index contributed by atoms with van der Waals surface area (Å²) >= 11 is 0. The fraction of sp³-hybridized carbons (Fsp3) is 0.357. The minimum atomic E-state index is 0.558. The van der Waals surface area contributed by atoms with Crippen molar-refractivity contribution in [1.29, 1.82) is 0 Å². The van der Waals surface area contributed by atoms with Crippen LogP contribution < -0.4 is 5.32 Å². The molecule has 0 radical (unpaired) electrons. The van der Waals surface area contributed by atoms with E-state index in [4.69, 9.17) is 0 Å². The summed E-state index contributed by atoms with van der Waals surface area (Å²) in [6.45, 7) is 2.29. The van der Waals surface area contributed by atoms with Gasteiger partial charge in [-0.2, -0.15) is 5.10 Å². The zero-order valence-corrected chi connectivity index (χ0v) is 10.6. The molecular weight excluding hydrogens is 224 g/mol. The number of likely N-dealkylation sites (tertiary alicyclic amines) is 1. The average Bonchev–Trinajstić information content (AvgIpc) is 3.01. The summed E-state index contributed by atoms with van der Waals surface area (Å²) in [5, 5.41) is 7.84. The van der Waals surface area contributed by atoms with Gasteiger partial charge >= 0.3 is 0 Å². The maximum atomic E-state index is 4.25. The largest absolute Gasteiger partial charge is 0.381 e. The number of nitrogens with zero attached hydrogens (tertiary/aromatic N) is 3.